The second kappa shape index (κ2) is 6.57. The van der Waals surface area contributed by atoms with Crippen molar-refractivity contribution in [3.05, 3.63) is 65.7 Å². The molecule has 0 fully saturated rings. The molecule has 0 amide bonds. The summed E-state index contributed by atoms with van der Waals surface area (Å²) in [5.74, 6) is 0.544. The molecule has 3 heteroatoms. The third-order valence-electron chi connectivity index (χ3n) is 2.76. The average Bonchev–Trinajstić information content (AvgIpc) is 2.50. The predicted molar refractivity (Wildman–Crippen MR) is 79.1 cm³/mol. The van der Waals surface area contributed by atoms with Gasteiger partial charge in [0.05, 0.1) is 12.7 Å². The summed E-state index contributed by atoms with van der Waals surface area (Å²) in [5.41, 5.74) is 1.50. The van der Waals surface area contributed by atoms with Crippen molar-refractivity contribution in [3.8, 4) is 11.5 Å². The molecule has 0 aliphatic heterocycles. The Morgan fingerprint density at radius 2 is 1.80 bits per heavy atom. The van der Waals surface area contributed by atoms with Crippen LogP contribution in [0.4, 0.5) is 0 Å². The van der Waals surface area contributed by atoms with Gasteiger partial charge in [-0.3, -0.25) is 0 Å². The maximum absolute atomic E-state index is 12.0. The van der Waals surface area contributed by atoms with Gasteiger partial charge in [-0.15, -0.1) is 0 Å². The van der Waals surface area contributed by atoms with Crippen molar-refractivity contribution in [2.45, 2.75) is 6.92 Å². The van der Waals surface area contributed by atoms with E-state index in [0.29, 0.717) is 17.1 Å². The van der Waals surface area contributed by atoms with E-state index in [9.17, 15) is 4.79 Å². The van der Waals surface area contributed by atoms with E-state index in [2.05, 4.69) is 0 Å². The molecule has 0 bridgehead atoms. The minimum Gasteiger partial charge on any atom is -0.493 e. The van der Waals surface area contributed by atoms with Gasteiger partial charge in [0.15, 0.2) is 11.5 Å². The Hall–Kier alpha value is -2.55. The van der Waals surface area contributed by atoms with Crippen LogP contribution in [-0.4, -0.2) is 13.1 Å². The average molecular weight is 268 g/mol. The minimum atomic E-state index is -0.400. The third kappa shape index (κ3) is 3.26. The quantitative estimate of drug-likeness (QED) is 0.622. The van der Waals surface area contributed by atoms with E-state index in [1.165, 1.54) is 0 Å². The van der Waals surface area contributed by atoms with Crippen LogP contribution in [-0.2, 0) is 0 Å². The largest absolute Gasteiger partial charge is 0.493 e. The van der Waals surface area contributed by atoms with Gasteiger partial charge in [0, 0.05) is 0 Å². The maximum atomic E-state index is 12.0. The molecule has 0 saturated heterocycles. The zero-order valence-corrected chi connectivity index (χ0v) is 11.5. The molecule has 102 valence electrons. The predicted octanol–water partition coefficient (Wildman–Crippen LogP) is 3.95. The molecule has 0 spiro atoms. The molecule has 0 aromatic heterocycles. The second-order valence-electron chi connectivity index (χ2n) is 4.17. The van der Waals surface area contributed by atoms with Crippen molar-refractivity contribution in [3.63, 3.8) is 0 Å². The van der Waals surface area contributed by atoms with Crippen molar-refractivity contribution in [2.75, 3.05) is 7.11 Å². The van der Waals surface area contributed by atoms with Gasteiger partial charge in [0.25, 0.3) is 0 Å². The van der Waals surface area contributed by atoms with E-state index in [0.717, 1.165) is 5.56 Å². The van der Waals surface area contributed by atoms with Crippen LogP contribution in [0.15, 0.2) is 54.6 Å². The summed E-state index contributed by atoms with van der Waals surface area (Å²) in [5, 5.41) is 0. The highest BCUT2D eigenvalue weighted by Gasteiger charge is 2.12. The van der Waals surface area contributed by atoms with Crippen molar-refractivity contribution >= 4 is 12.0 Å². The molecule has 0 N–H and O–H groups in total. The number of esters is 1. The van der Waals surface area contributed by atoms with Crippen molar-refractivity contribution in [2.24, 2.45) is 0 Å². The highest BCUT2D eigenvalue weighted by atomic mass is 16.6. The van der Waals surface area contributed by atoms with E-state index < -0.39 is 5.97 Å². The molecule has 2 aromatic rings. The molecule has 2 aromatic carbocycles. The molecule has 0 radical (unpaired) electrons. The zero-order chi connectivity index (χ0) is 14.4. The van der Waals surface area contributed by atoms with Crippen LogP contribution in [0.5, 0.6) is 11.5 Å². The first-order chi connectivity index (χ1) is 9.74. The van der Waals surface area contributed by atoms with E-state index in [-0.39, 0.29) is 0 Å². The van der Waals surface area contributed by atoms with Crippen LogP contribution in [0, 0.1) is 0 Å². The highest BCUT2D eigenvalue weighted by Crippen LogP contribution is 2.29. The number of allylic oxidation sites excluding steroid dienone is 1. The molecule has 3 nitrogen and oxygen atoms in total. The third-order valence-corrected chi connectivity index (χ3v) is 2.76. The molecule has 0 atom stereocenters. The fraction of sp³-hybridized carbons (Fsp3) is 0.118. The second-order valence-corrected chi connectivity index (χ2v) is 4.17. The van der Waals surface area contributed by atoms with Gasteiger partial charge in [0.2, 0.25) is 0 Å². The number of rotatable bonds is 4. The first kappa shape index (κ1) is 13.9. The standard InChI is InChI=1S/C17H16O3/c1-3-7-13-10-11-15(16(12-13)19-2)20-17(18)14-8-5-4-6-9-14/h3-12H,1-2H3/b7-3-. The van der Waals surface area contributed by atoms with Crippen molar-refractivity contribution in [1.29, 1.82) is 0 Å². The molecule has 0 saturated carbocycles. The summed E-state index contributed by atoms with van der Waals surface area (Å²) >= 11 is 0. The number of hydrogen-bond acceptors (Lipinski definition) is 3. The number of hydrogen-bond donors (Lipinski definition) is 0. The topological polar surface area (TPSA) is 35.5 Å². The number of carbonyl (C=O) groups is 1. The van der Waals surface area contributed by atoms with Crippen LogP contribution in [0.25, 0.3) is 6.08 Å². The van der Waals surface area contributed by atoms with E-state index in [1.54, 1.807) is 37.4 Å². The summed E-state index contributed by atoms with van der Waals surface area (Å²) in [6.45, 7) is 1.94. The number of carbonyl (C=O) groups excluding carboxylic acids is 1. The lowest BCUT2D eigenvalue weighted by Crippen LogP contribution is -2.09. The first-order valence-corrected chi connectivity index (χ1v) is 6.32. The summed E-state index contributed by atoms with van der Waals surface area (Å²) < 4.78 is 10.6. The summed E-state index contributed by atoms with van der Waals surface area (Å²) in [6, 6.07) is 14.3. The Balaban J connectivity index is 2.23. The normalized spacial score (nSPS) is 10.5. The number of methoxy groups -OCH3 is 1. The highest BCUT2D eigenvalue weighted by molar-refractivity contribution is 5.91. The van der Waals surface area contributed by atoms with E-state index >= 15 is 0 Å². The molecular formula is C17H16O3. The zero-order valence-electron chi connectivity index (χ0n) is 11.5. The van der Waals surface area contributed by atoms with Gasteiger partial charge in [-0.05, 0) is 36.8 Å². The Labute approximate surface area is 118 Å². The van der Waals surface area contributed by atoms with E-state index in [4.69, 9.17) is 9.47 Å². The van der Waals surface area contributed by atoms with Crippen LogP contribution >= 0.6 is 0 Å². The minimum absolute atomic E-state index is 0.400. The van der Waals surface area contributed by atoms with Gasteiger partial charge in [0.1, 0.15) is 0 Å². The molecule has 0 heterocycles. The smallest absolute Gasteiger partial charge is 0.343 e. The summed E-state index contributed by atoms with van der Waals surface area (Å²) in [7, 11) is 1.55. The summed E-state index contributed by atoms with van der Waals surface area (Å²) in [4.78, 5) is 12.0. The van der Waals surface area contributed by atoms with Crippen LogP contribution < -0.4 is 9.47 Å². The fourth-order valence-corrected chi connectivity index (χ4v) is 1.80. The van der Waals surface area contributed by atoms with Gasteiger partial charge < -0.3 is 9.47 Å². The monoisotopic (exact) mass is 268 g/mol. The van der Waals surface area contributed by atoms with Crippen LogP contribution in [0.2, 0.25) is 0 Å². The lowest BCUT2D eigenvalue weighted by Gasteiger charge is -2.10. The SMILES string of the molecule is C/C=C\c1ccc(OC(=O)c2ccccc2)c(OC)c1. The van der Waals surface area contributed by atoms with Gasteiger partial charge in [-0.2, -0.15) is 0 Å². The lowest BCUT2D eigenvalue weighted by molar-refractivity contribution is 0.0729. The van der Waals surface area contributed by atoms with E-state index in [1.807, 2.05) is 37.3 Å². The molecular weight excluding hydrogens is 252 g/mol. The number of benzene rings is 2. The number of ether oxygens (including phenoxy) is 2. The molecule has 0 aliphatic rings. The Morgan fingerprint density at radius 3 is 2.45 bits per heavy atom. The molecule has 0 unspecified atom stereocenters. The molecule has 20 heavy (non-hydrogen) atoms. The van der Waals surface area contributed by atoms with Crippen molar-refractivity contribution in [1.82, 2.24) is 0 Å². The Kier molecular flexibility index (Phi) is 4.56. The Morgan fingerprint density at radius 1 is 1.05 bits per heavy atom. The summed E-state index contributed by atoms with van der Waals surface area (Å²) in [6.07, 6.45) is 3.88. The van der Waals surface area contributed by atoms with Gasteiger partial charge in [-0.25, -0.2) is 4.79 Å². The van der Waals surface area contributed by atoms with Crippen LogP contribution in [0.1, 0.15) is 22.8 Å². The van der Waals surface area contributed by atoms with Gasteiger partial charge in [-0.1, -0.05) is 36.4 Å². The van der Waals surface area contributed by atoms with Crippen LogP contribution in [0.3, 0.4) is 0 Å². The molecule has 0 aliphatic carbocycles. The van der Waals surface area contributed by atoms with Crippen molar-refractivity contribution < 1.29 is 14.3 Å². The Bertz CT molecular complexity index is 615. The maximum Gasteiger partial charge on any atom is 0.343 e. The first-order valence-electron chi connectivity index (χ1n) is 6.32. The molecule has 2 rings (SSSR count). The fourth-order valence-electron chi connectivity index (χ4n) is 1.80. The van der Waals surface area contributed by atoms with Gasteiger partial charge >= 0.3 is 5.97 Å². The lowest BCUT2D eigenvalue weighted by atomic mass is 10.2.